The normalized spacial score (nSPS) is 20.7. The Kier molecular flexibility index (Phi) is 8.43. The first-order chi connectivity index (χ1) is 16.8. The second-order valence-corrected chi connectivity index (χ2v) is 9.14. The average molecular weight is 515 g/mol. The van der Waals surface area contributed by atoms with E-state index in [9.17, 15) is 32.3 Å². The molecule has 0 aliphatic carbocycles. The van der Waals surface area contributed by atoms with E-state index >= 15 is 0 Å². The smallest absolute Gasteiger partial charge is 0.450 e. The standard InChI is InChI=1S/C23H28F3N3O7/c1-11(2)7-14(22-35-17-4-3-12(19(27)31)9-18(17)36-22)21(33)29-15(8-13-5-6-28-20(13)32)16(30)10-34-23(24,25)26/h3-4,9,11,13-15,22H,5-8,10H2,1-2H3,(H2,27,31)(H,28,32)(H,29,33)/t13-,14+,15-,22?/m0/s1. The van der Waals surface area contributed by atoms with Crippen LogP contribution < -0.4 is 25.8 Å². The molecule has 1 aromatic rings. The van der Waals surface area contributed by atoms with Gasteiger partial charge in [0.25, 0.3) is 6.29 Å². The van der Waals surface area contributed by atoms with E-state index in [1.807, 2.05) is 13.8 Å². The van der Waals surface area contributed by atoms with Crippen molar-refractivity contribution in [1.29, 1.82) is 0 Å². The second kappa shape index (κ2) is 11.1. The van der Waals surface area contributed by atoms with Gasteiger partial charge >= 0.3 is 6.36 Å². The molecular weight excluding hydrogens is 487 g/mol. The van der Waals surface area contributed by atoms with Gasteiger partial charge < -0.3 is 25.8 Å². The summed E-state index contributed by atoms with van der Waals surface area (Å²) < 4.78 is 52.7. The van der Waals surface area contributed by atoms with Gasteiger partial charge in [-0.2, -0.15) is 0 Å². The van der Waals surface area contributed by atoms with Crippen LogP contribution >= 0.6 is 0 Å². The minimum absolute atomic E-state index is 0.0267. The number of halogens is 3. The highest BCUT2D eigenvalue weighted by molar-refractivity contribution is 5.94. The topological polar surface area (TPSA) is 146 Å². The first-order valence-electron chi connectivity index (χ1n) is 11.4. The van der Waals surface area contributed by atoms with Gasteiger partial charge in [-0.25, -0.2) is 0 Å². The summed E-state index contributed by atoms with van der Waals surface area (Å²) in [5.74, 6) is -3.91. The number of carbonyl (C=O) groups is 4. The number of hydrogen-bond acceptors (Lipinski definition) is 7. The molecule has 3 rings (SSSR count). The summed E-state index contributed by atoms with van der Waals surface area (Å²) in [4.78, 5) is 49.4. The van der Waals surface area contributed by atoms with Crippen molar-refractivity contribution in [2.24, 2.45) is 23.5 Å². The number of rotatable bonds is 11. The third-order valence-electron chi connectivity index (χ3n) is 5.87. The molecule has 4 atom stereocenters. The molecule has 36 heavy (non-hydrogen) atoms. The van der Waals surface area contributed by atoms with E-state index in [-0.39, 0.29) is 41.7 Å². The molecule has 0 spiro atoms. The van der Waals surface area contributed by atoms with Crippen molar-refractivity contribution in [3.05, 3.63) is 23.8 Å². The second-order valence-electron chi connectivity index (χ2n) is 9.14. The molecule has 13 heteroatoms. The number of amides is 3. The van der Waals surface area contributed by atoms with Crippen LogP contribution in [0.3, 0.4) is 0 Å². The molecule has 1 fully saturated rings. The Balaban J connectivity index is 1.77. The molecule has 2 aliphatic rings. The molecule has 0 bridgehead atoms. The lowest BCUT2D eigenvalue weighted by Crippen LogP contribution is -2.50. The van der Waals surface area contributed by atoms with Crippen molar-refractivity contribution >= 4 is 23.5 Å². The lowest BCUT2D eigenvalue weighted by molar-refractivity contribution is -0.321. The Hall–Kier alpha value is -3.35. The zero-order valence-electron chi connectivity index (χ0n) is 19.7. The van der Waals surface area contributed by atoms with Crippen LogP contribution in [0.2, 0.25) is 0 Å². The molecule has 198 valence electrons. The lowest BCUT2D eigenvalue weighted by Gasteiger charge is -2.26. The lowest BCUT2D eigenvalue weighted by atomic mass is 9.92. The largest absolute Gasteiger partial charge is 0.522 e. The van der Waals surface area contributed by atoms with Crippen LogP contribution in [0, 0.1) is 17.8 Å². The molecule has 4 N–H and O–H groups in total. The molecule has 0 saturated carbocycles. The number of nitrogens with two attached hydrogens (primary N) is 1. The number of nitrogens with one attached hydrogen (secondary N) is 2. The van der Waals surface area contributed by atoms with Gasteiger partial charge in [0, 0.05) is 18.0 Å². The fourth-order valence-corrected chi connectivity index (χ4v) is 4.10. The van der Waals surface area contributed by atoms with Gasteiger partial charge in [-0.05, 0) is 43.4 Å². The van der Waals surface area contributed by atoms with Crippen LogP contribution in [-0.2, 0) is 19.1 Å². The first-order valence-corrected chi connectivity index (χ1v) is 11.4. The number of hydrogen-bond donors (Lipinski definition) is 3. The minimum Gasteiger partial charge on any atom is -0.450 e. The van der Waals surface area contributed by atoms with Gasteiger partial charge in [0.05, 0.1) is 6.04 Å². The molecule has 10 nitrogen and oxygen atoms in total. The highest BCUT2D eigenvalue weighted by Crippen LogP contribution is 2.38. The summed E-state index contributed by atoms with van der Waals surface area (Å²) in [6.45, 7) is 2.74. The van der Waals surface area contributed by atoms with E-state index < -0.39 is 54.7 Å². The van der Waals surface area contributed by atoms with Crippen LogP contribution in [0.25, 0.3) is 0 Å². The number of ketones is 1. The number of Topliss-reactive ketones (excluding diaryl/α,β-unsaturated/α-hetero) is 1. The quantitative estimate of drug-likeness (QED) is 0.406. The van der Waals surface area contributed by atoms with Gasteiger partial charge in [0.15, 0.2) is 17.3 Å². The molecule has 0 aromatic heterocycles. The van der Waals surface area contributed by atoms with Crippen molar-refractivity contribution < 1.29 is 46.6 Å². The molecule has 3 amide bonds. The fourth-order valence-electron chi connectivity index (χ4n) is 4.10. The highest BCUT2D eigenvalue weighted by Gasteiger charge is 2.40. The Labute approximate surface area is 205 Å². The van der Waals surface area contributed by atoms with E-state index in [4.69, 9.17) is 15.2 Å². The Morgan fingerprint density at radius 3 is 2.50 bits per heavy atom. The van der Waals surface area contributed by atoms with Crippen LogP contribution in [-0.4, -0.2) is 55.4 Å². The van der Waals surface area contributed by atoms with Gasteiger partial charge in [0.1, 0.15) is 12.5 Å². The number of alkyl halides is 3. The maximum absolute atomic E-state index is 13.3. The van der Waals surface area contributed by atoms with E-state index in [0.29, 0.717) is 13.0 Å². The van der Waals surface area contributed by atoms with Crippen molar-refractivity contribution in [1.82, 2.24) is 10.6 Å². The number of fused-ring (bicyclic) bond motifs is 1. The molecular formula is C23H28F3N3O7. The summed E-state index contributed by atoms with van der Waals surface area (Å²) in [6.07, 6.45) is -5.71. The summed E-state index contributed by atoms with van der Waals surface area (Å²) in [6, 6.07) is 2.89. The summed E-state index contributed by atoms with van der Waals surface area (Å²) >= 11 is 0. The van der Waals surface area contributed by atoms with Crippen LogP contribution in [0.4, 0.5) is 13.2 Å². The third kappa shape index (κ3) is 7.09. The van der Waals surface area contributed by atoms with Crippen LogP contribution in [0.1, 0.15) is 43.5 Å². The number of ether oxygens (including phenoxy) is 3. The van der Waals surface area contributed by atoms with E-state index in [2.05, 4.69) is 15.4 Å². The van der Waals surface area contributed by atoms with Crippen LogP contribution in [0.15, 0.2) is 18.2 Å². The van der Waals surface area contributed by atoms with E-state index in [1.165, 1.54) is 18.2 Å². The SMILES string of the molecule is CC(C)C[C@H](C(=O)N[C@@H](C[C@@H]1CCNC1=O)C(=O)COC(F)(F)F)C1Oc2ccc(C(N)=O)cc2O1. The number of primary amides is 1. The monoisotopic (exact) mass is 515 g/mol. The summed E-state index contributed by atoms with van der Waals surface area (Å²) in [5.41, 5.74) is 5.46. The van der Waals surface area contributed by atoms with E-state index in [1.54, 1.807) is 0 Å². The summed E-state index contributed by atoms with van der Waals surface area (Å²) in [5, 5.41) is 5.08. The van der Waals surface area contributed by atoms with Crippen molar-refractivity contribution in [3.63, 3.8) is 0 Å². The zero-order chi connectivity index (χ0) is 26.6. The van der Waals surface area contributed by atoms with Gasteiger partial charge in [-0.1, -0.05) is 13.8 Å². The first kappa shape index (κ1) is 27.2. The van der Waals surface area contributed by atoms with Gasteiger partial charge in [-0.15, -0.1) is 13.2 Å². The Morgan fingerprint density at radius 1 is 1.22 bits per heavy atom. The van der Waals surface area contributed by atoms with E-state index in [0.717, 1.165) is 0 Å². The number of benzene rings is 1. The predicted octanol–water partition coefficient (Wildman–Crippen LogP) is 1.66. The fraction of sp³-hybridized carbons (Fsp3) is 0.565. The molecule has 1 unspecified atom stereocenters. The van der Waals surface area contributed by atoms with Gasteiger partial charge in [-0.3, -0.25) is 23.9 Å². The summed E-state index contributed by atoms with van der Waals surface area (Å²) in [7, 11) is 0. The zero-order valence-corrected chi connectivity index (χ0v) is 19.7. The molecule has 2 aliphatic heterocycles. The Morgan fingerprint density at radius 2 is 1.92 bits per heavy atom. The Bertz CT molecular complexity index is 1020. The minimum atomic E-state index is -5.03. The molecule has 0 radical (unpaired) electrons. The average Bonchev–Trinajstić information content (AvgIpc) is 3.39. The van der Waals surface area contributed by atoms with Crippen molar-refractivity contribution in [3.8, 4) is 11.5 Å². The predicted molar refractivity (Wildman–Crippen MR) is 118 cm³/mol. The van der Waals surface area contributed by atoms with Gasteiger partial charge in [0.2, 0.25) is 17.7 Å². The third-order valence-corrected chi connectivity index (χ3v) is 5.87. The number of carbonyl (C=O) groups excluding carboxylic acids is 4. The highest BCUT2D eigenvalue weighted by atomic mass is 19.4. The maximum atomic E-state index is 13.3. The van der Waals surface area contributed by atoms with Crippen LogP contribution in [0.5, 0.6) is 11.5 Å². The molecule has 1 saturated heterocycles. The van der Waals surface area contributed by atoms with Crippen molar-refractivity contribution in [2.75, 3.05) is 13.2 Å². The molecule has 2 heterocycles. The van der Waals surface area contributed by atoms with Crippen molar-refractivity contribution in [2.45, 2.75) is 51.8 Å². The maximum Gasteiger partial charge on any atom is 0.522 e. The molecule has 1 aromatic carbocycles.